The third kappa shape index (κ3) is 5.32. The maximum absolute atomic E-state index is 12.3. The smallest absolute Gasteiger partial charge is 0.338 e. The largest absolute Gasteiger partial charge is 0.452 e. The molecule has 0 aliphatic heterocycles. The van der Waals surface area contributed by atoms with Gasteiger partial charge in [0.15, 0.2) is 6.61 Å². The lowest BCUT2D eigenvalue weighted by molar-refractivity contribution is -0.385. The molecule has 0 atom stereocenters. The number of hydrogen-bond acceptors (Lipinski definition) is 7. The Kier molecular flexibility index (Phi) is 7.13. The molecule has 0 aliphatic carbocycles. The molecule has 1 N–H and O–H groups in total. The summed E-state index contributed by atoms with van der Waals surface area (Å²) in [5.74, 6) is -1.55. The van der Waals surface area contributed by atoms with E-state index in [4.69, 9.17) is 16.3 Å². The third-order valence-corrected chi connectivity index (χ3v) is 6.23. The first-order chi connectivity index (χ1) is 13.9. The molecule has 30 heavy (non-hydrogen) atoms. The summed E-state index contributed by atoms with van der Waals surface area (Å²) in [6.07, 6.45) is 0. The highest BCUT2D eigenvalue weighted by Crippen LogP contribution is 2.27. The average Bonchev–Trinajstić information content (AvgIpc) is 2.66. The number of amides is 1. The van der Waals surface area contributed by atoms with Crippen LogP contribution in [-0.4, -0.2) is 50.2 Å². The van der Waals surface area contributed by atoms with Gasteiger partial charge in [-0.2, -0.15) is 0 Å². The van der Waals surface area contributed by atoms with E-state index in [-0.39, 0.29) is 32.4 Å². The van der Waals surface area contributed by atoms with Crippen LogP contribution in [0.5, 0.6) is 0 Å². The maximum Gasteiger partial charge on any atom is 0.338 e. The molecule has 0 spiro atoms. The lowest BCUT2D eigenvalue weighted by Gasteiger charge is -2.14. The van der Waals surface area contributed by atoms with Gasteiger partial charge in [-0.05, 0) is 37.3 Å². The zero-order valence-electron chi connectivity index (χ0n) is 16.2. The van der Waals surface area contributed by atoms with Crippen molar-refractivity contribution < 1.29 is 27.7 Å². The molecule has 0 bridgehead atoms. The maximum atomic E-state index is 12.3. The number of carbonyl (C=O) groups is 2. The molecule has 2 aromatic carbocycles. The van der Waals surface area contributed by atoms with Crippen molar-refractivity contribution in [1.29, 1.82) is 0 Å². The molecule has 0 unspecified atom stereocenters. The number of anilines is 1. The van der Waals surface area contributed by atoms with Crippen LogP contribution >= 0.6 is 11.6 Å². The molecule has 0 saturated carbocycles. The molecule has 160 valence electrons. The Bertz CT molecular complexity index is 1120. The Balaban J connectivity index is 2.06. The van der Waals surface area contributed by atoms with E-state index < -0.39 is 33.4 Å². The minimum atomic E-state index is -3.82. The fourth-order valence-corrected chi connectivity index (χ4v) is 3.77. The Morgan fingerprint density at radius 3 is 2.43 bits per heavy atom. The van der Waals surface area contributed by atoms with E-state index in [1.54, 1.807) is 0 Å². The summed E-state index contributed by atoms with van der Waals surface area (Å²) in [7, 11) is -1.14. The van der Waals surface area contributed by atoms with E-state index in [9.17, 15) is 28.1 Å². The lowest BCUT2D eigenvalue weighted by atomic mass is 10.1. The van der Waals surface area contributed by atoms with E-state index in [1.165, 1.54) is 57.4 Å². The summed E-state index contributed by atoms with van der Waals surface area (Å²) in [4.78, 5) is 34.2. The second-order valence-electron chi connectivity index (χ2n) is 6.32. The zero-order valence-corrected chi connectivity index (χ0v) is 17.8. The summed E-state index contributed by atoms with van der Waals surface area (Å²) >= 11 is 5.95. The van der Waals surface area contributed by atoms with Gasteiger partial charge in [0.05, 0.1) is 15.5 Å². The Labute approximate surface area is 177 Å². The molecule has 0 fully saturated rings. The second-order valence-corrected chi connectivity index (χ2v) is 8.84. The minimum absolute atomic E-state index is 0.0123. The zero-order chi connectivity index (χ0) is 22.6. The van der Waals surface area contributed by atoms with Crippen molar-refractivity contribution in [2.45, 2.75) is 11.8 Å². The standard InChI is InChI=1S/C18H18ClN3O7S/c1-11-8-12(4-7-15(11)22(25)26)18(24)29-10-17(23)20-13-5-6-14(19)16(9-13)30(27,28)21(2)3/h4-9H,10H2,1-3H3,(H,20,23). The predicted octanol–water partition coefficient (Wildman–Crippen LogP) is 2.60. The molecule has 0 heterocycles. The Hall–Kier alpha value is -3.02. The van der Waals surface area contributed by atoms with Gasteiger partial charge in [-0.1, -0.05) is 11.6 Å². The molecule has 10 nitrogen and oxygen atoms in total. The van der Waals surface area contributed by atoms with E-state index in [0.29, 0.717) is 0 Å². The number of nitro benzene ring substituents is 1. The van der Waals surface area contributed by atoms with Crippen molar-refractivity contribution in [3.05, 3.63) is 62.7 Å². The number of halogens is 1. The number of hydrogen-bond donors (Lipinski definition) is 1. The number of carbonyl (C=O) groups excluding carboxylic acids is 2. The van der Waals surface area contributed by atoms with Crippen LogP contribution in [-0.2, 0) is 19.6 Å². The highest BCUT2D eigenvalue weighted by Gasteiger charge is 2.22. The normalized spacial score (nSPS) is 11.2. The number of aryl methyl sites for hydroxylation is 1. The molecule has 1 amide bonds. The van der Waals surface area contributed by atoms with Crippen LogP contribution in [0, 0.1) is 17.0 Å². The van der Waals surface area contributed by atoms with Crippen molar-refractivity contribution >= 4 is 44.9 Å². The molecule has 2 aromatic rings. The molecular weight excluding hydrogens is 438 g/mol. The van der Waals surface area contributed by atoms with E-state index in [0.717, 1.165) is 4.31 Å². The number of rotatable bonds is 7. The Morgan fingerprint density at radius 2 is 1.87 bits per heavy atom. The van der Waals surface area contributed by atoms with Gasteiger partial charge in [0.1, 0.15) is 4.90 Å². The number of nitro groups is 1. The first-order valence-electron chi connectivity index (χ1n) is 8.37. The third-order valence-electron chi connectivity index (χ3n) is 3.94. The molecule has 2 rings (SSSR count). The predicted molar refractivity (Wildman–Crippen MR) is 109 cm³/mol. The summed E-state index contributed by atoms with van der Waals surface area (Å²) in [5, 5.41) is 13.2. The van der Waals surface area contributed by atoms with Crippen molar-refractivity contribution in [3.8, 4) is 0 Å². The van der Waals surface area contributed by atoms with Gasteiger partial charge in [-0.15, -0.1) is 0 Å². The number of nitrogens with one attached hydrogen (secondary N) is 1. The summed E-state index contributed by atoms with van der Waals surface area (Å²) in [6, 6.07) is 7.60. The van der Waals surface area contributed by atoms with Gasteiger partial charge in [0.25, 0.3) is 11.6 Å². The summed E-state index contributed by atoms with van der Waals surface area (Å²) in [6.45, 7) is 0.828. The SMILES string of the molecule is Cc1cc(C(=O)OCC(=O)Nc2ccc(Cl)c(S(=O)(=O)N(C)C)c2)ccc1[N+](=O)[O-]. The first-order valence-corrected chi connectivity index (χ1v) is 10.2. The van der Waals surface area contributed by atoms with Crippen molar-refractivity contribution in [2.75, 3.05) is 26.0 Å². The molecular formula is C18H18ClN3O7S. The molecule has 0 aromatic heterocycles. The monoisotopic (exact) mass is 455 g/mol. The number of sulfonamides is 1. The van der Waals surface area contributed by atoms with Crippen LogP contribution in [0.15, 0.2) is 41.3 Å². The van der Waals surface area contributed by atoms with Crippen LogP contribution in [0.2, 0.25) is 5.02 Å². The highest BCUT2D eigenvalue weighted by atomic mass is 35.5. The summed E-state index contributed by atoms with van der Waals surface area (Å²) < 4.78 is 30.4. The van der Waals surface area contributed by atoms with Crippen molar-refractivity contribution in [3.63, 3.8) is 0 Å². The average molecular weight is 456 g/mol. The van der Waals surface area contributed by atoms with Gasteiger partial charge in [-0.3, -0.25) is 14.9 Å². The molecule has 0 aliphatic rings. The van der Waals surface area contributed by atoms with Gasteiger partial charge in [0.2, 0.25) is 10.0 Å². The van der Waals surface area contributed by atoms with Gasteiger partial charge >= 0.3 is 5.97 Å². The lowest BCUT2D eigenvalue weighted by Crippen LogP contribution is -2.23. The van der Waals surface area contributed by atoms with Crippen LogP contribution in [0.3, 0.4) is 0 Å². The minimum Gasteiger partial charge on any atom is -0.452 e. The number of nitrogens with zero attached hydrogens (tertiary/aromatic N) is 2. The van der Waals surface area contributed by atoms with E-state index >= 15 is 0 Å². The van der Waals surface area contributed by atoms with E-state index in [2.05, 4.69) is 5.32 Å². The molecule has 0 saturated heterocycles. The topological polar surface area (TPSA) is 136 Å². The number of ether oxygens (including phenoxy) is 1. The molecule has 12 heteroatoms. The van der Waals surface area contributed by atoms with Gasteiger partial charge < -0.3 is 10.1 Å². The fraction of sp³-hybridized carbons (Fsp3) is 0.222. The van der Waals surface area contributed by atoms with Crippen LogP contribution in [0.4, 0.5) is 11.4 Å². The highest BCUT2D eigenvalue weighted by molar-refractivity contribution is 7.89. The Morgan fingerprint density at radius 1 is 1.20 bits per heavy atom. The van der Waals surface area contributed by atoms with Crippen LogP contribution in [0.1, 0.15) is 15.9 Å². The number of esters is 1. The fourth-order valence-electron chi connectivity index (χ4n) is 2.37. The van der Waals surface area contributed by atoms with Gasteiger partial charge in [-0.25, -0.2) is 17.5 Å². The second kappa shape index (κ2) is 9.20. The van der Waals surface area contributed by atoms with Crippen LogP contribution in [0.25, 0.3) is 0 Å². The van der Waals surface area contributed by atoms with E-state index in [1.807, 2.05) is 0 Å². The first kappa shape index (κ1) is 23.3. The van der Waals surface area contributed by atoms with Gasteiger partial charge in [0, 0.05) is 31.4 Å². The van der Waals surface area contributed by atoms with Crippen LogP contribution < -0.4 is 5.32 Å². The van der Waals surface area contributed by atoms with Crippen molar-refractivity contribution in [2.24, 2.45) is 0 Å². The number of benzene rings is 2. The quantitative estimate of drug-likeness (QED) is 0.385. The molecule has 0 radical (unpaired) electrons. The summed E-state index contributed by atoms with van der Waals surface area (Å²) in [5.41, 5.74) is 0.328. The van der Waals surface area contributed by atoms with Crippen molar-refractivity contribution in [1.82, 2.24) is 4.31 Å².